The minimum absolute atomic E-state index is 0. The molecule has 5 nitrogen and oxygen atoms in total. The highest BCUT2D eigenvalue weighted by Gasteiger charge is 2.43. The predicted molar refractivity (Wildman–Crippen MR) is 107 cm³/mol. The smallest absolute Gasteiger partial charge is 0.194 e. The fourth-order valence-corrected chi connectivity index (χ4v) is 3.65. The Balaban J connectivity index is 0.00000208. The van der Waals surface area contributed by atoms with Gasteiger partial charge in [0.05, 0.1) is 13.7 Å². The first-order valence-corrected chi connectivity index (χ1v) is 8.55. The zero-order valence-electron chi connectivity index (χ0n) is 14.5. The summed E-state index contributed by atoms with van der Waals surface area (Å²) in [6.07, 6.45) is 5.38. The maximum Gasteiger partial charge on any atom is 0.194 e. The number of aromatic hydroxyl groups is 1. The van der Waals surface area contributed by atoms with E-state index in [0.29, 0.717) is 17.7 Å². The van der Waals surface area contributed by atoms with Crippen LogP contribution in [0.3, 0.4) is 0 Å². The number of ether oxygens (including phenoxy) is 1. The van der Waals surface area contributed by atoms with Crippen LogP contribution >= 0.6 is 24.0 Å². The molecule has 3 rings (SSSR count). The zero-order valence-corrected chi connectivity index (χ0v) is 16.9. The molecule has 1 aromatic rings. The largest absolute Gasteiger partial charge is 0.504 e. The number of guanidine groups is 1. The normalized spacial score (nSPS) is 18.9. The van der Waals surface area contributed by atoms with Gasteiger partial charge in [-0.25, -0.2) is 4.99 Å². The first kappa shape index (κ1) is 19.1. The highest BCUT2D eigenvalue weighted by molar-refractivity contribution is 14.0. The van der Waals surface area contributed by atoms with Gasteiger partial charge >= 0.3 is 0 Å². The first-order chi connectivity index (χ1) is 11.2. The molecule has 0 radical (unpaired) electrons. The van der Waals surface area contributed by atoms with E-state index in [1.54, 1.807) is 13.2 Å². The standard InChI is InChI=1S/C18H27N3O2.HI/c1-3-19-17(21-11-10-18(13-21)8-5-9-18)20-12-14-6-4-7-15(23-2)16(14)22;/h4,6-7,22H,3,5,8-13H2,1-2H3,(H,19,20);1H. The van der Waals surface area contributed by atoms with Crippen molar-refractivity contribution in [2.75, 3.05) is 26.7 Å². The number of nitrogens with zero attached hydrogens (tertiary/aromatic N) is 2. The number of aliphatic imine (C=N–C) groups is 1. The maximum atomic E-state index is 10.2. The fraction of sp³-hybridized carbons (Fsp3) is 0.611. The van der Waals surface area contributed by atoms with Crippen LogP contribution in [0.5, 0.6) is 11.5 Å². The van der Waals surface area contributed by atoms with Crippen molar-refractivity contribution in [3.05, 3.63) is 23.8 Å². The Morgan fingerprint density at radius 3 is 2.75 bits per heavy atom. The van der Waals surface area contributed by atoms with Crippen LogP contribution in [0.15, 0.2) is 23.2 Å². The Bertz CT molecular complexity index is 588. The van der Waals surface area contributed by atoms with Crippen LogP contribution in [0.25, 0.3) is 0 Å². The second kappa shape index (κ2) is 8.27. The number of phenols is 1. The number of likely N-dealkylation sites (tertiary alicyclic amines) is 1. The summed E-state index contributed by atoms with van der Waals surface area (Å²) in [4.78, 5) is 7.12. The molecule has 0 aromatic heterocycles. The summed E-state index contributed by atoms with van der Waals surface area (Å²) in [5, 5.41) is 13.6. The number of para-hydroxylation sites is 1. The van der Waals surface area contributed by atoms with E-state index in [9.17, 15) is 5.11 Å². The summed E-state index contributed by atoms with van der Waals surface area (Å²) in [5.41, 5.74) is 1.34. The Labute approximate surface area is 161 Å². The van der Waals surface area contributed by atoms with Crippen molar-refractivity contribution in [2.45, 2.75) is 39.2 Å². The van der Waals surface area contributed by atoms with Gasteiger partial charge in [0.15, 0.2) is 17.5 Å². The molecule has 0 amide bonds. The fourth-order valence-electron chi connectivity index (χ4n) is 3.65. The number of methoxy groups -OCH3 is 1. The Morgan fingerprint density at radius 2 is 2.17 bits per heavy atom. The highest BCUT2D eigenvalue weighted by atomic mass is 127. The molecule has 2 fully saturated rings. The van der Waals surface area contributed by atoms with Crippen molar-refractivity contribution in [3.8, 4) is 11.5 Å². The molecule has 0 bridgehead atoms. The summed E-state index contributed by atoms with van der Waals surface area (Å²) >= 11 is 0. The molecule has 0 unspecified atom stereocenters. The van der Waals surface area contributed by atoms with Crippen LogP contribution in [-0.2, 0) is 6.54 Å². The van der Waals surface area contributed by atoms with E-state index in [1.165, 1.54) is 25.7 Å². The minimum Gasteiger partial charge on any atom is -0.504 e. The Hall–Kier alpha value is -1.18. The molecule has 0 atom stereocenters. The molecular formula is C18H28IN3O2. The first-order valence-electron chi connectivity index (χ1n) is 8.55. The number of hydrogen-bond acceptors (Lipinski definition) is 3. The molecular weight excluding hydrogens is 417 g/mol. The van der Waals surface area contributed by atoms with Crippen molar-refractivity contribution in [1.82, 2.24) is 10.2 Å². The van der Waals surface area contributed by atoms with Gasteiger partial charge in [0, 0.05) is 25.2 Å². The van der Waals surface area contributed by atoms with Gasteiger partial charge in [0.1, 0.15) is 0 Å². The number of rotatable bonds is 4. The van der Waals surface area contributed by atoms with Crippen LogP contribution in [-0.4, -0.2) is 42.7 Å². The molecule has 1 spiro atoms. The molecule has 2 aliphatic rings. The monoisotopic (exact) mass is 445 g/mol. The highest BCUT2D eigenvalue weighted by Crippen LogP contribution is 2.47. The van der Waals surface area contributed by atoms with E-state index in [2.05, 4.69) is 17.1 Å². The van der Waals surface area contributed by atoms with Crippen LogP contribution in [0.2, 0.25) is 0 Å². The van der Waals surface area contributed by atoms with E-state index >= 15 is 0 Å². The van der Waals surface area contributed by atoms with Crippen molar-refractivity contribution in [3.63, 3.8) is 0 Å². The molecule has 134 valence electrons. The summed E-state index contributed by atoms with van der Waals surface area (Å²) in [6, 6.07) is 5.53. The van der Waals surface area contributed by atoms with Gasteiger partial charge in [-0.3, -0.25) is 0 Å². The van der Waals surface area contributed by atoms with Gasteiger partial charge in [-0.1, -0.05) is 18.6 Å². The summed E-state index contributed by atoms with van der Waals surface area (Å²) < 4.78 is 5.16. The lowest BCUT2D eigenvalue weighted by Crippen LogP contribution is -2.42. The molecule has 6 heteroatoms. The average Bonchev–Trinajstić information content (AvgIpc) is 2.98. The van der Waals surface area contributed by atoms with Crippen molar-refractivity contribution < 1.29 is 9.84 Å². The zero-order chi connectivity index (χ0) is 16.3. The van der Waals surface area contributed by atoms with Gasteiger partial charge in [0.2, 0.25) is 0 Å². The van der Waals surface area contributed by atoms with Crippen LogP contribution in [0, 0.1) is 5.41 Å². The maximum absolute atomic E-state index is 10.2. The lowest BCUT2D eigenvalue weighted by Gasteiger charge is -2.38. The van der Waals surface area contributed by atoms with Crippen molar-refractivity contribution in [2.24, 2.45) is 10.4 Å². The molecule has 24 heavy (non-hydrogen) atoms. The average molecular weight is 445 g/mol. The molecule has 1 aliphatic heterocycles. The SMILES string of the molecule is CCNC(=NCc1cccc(OC)c1O)N1CCC2(CCC2)C1.I. The second-order valence-electron chi connectivity index (χ2n) is 6.66. The third-order valence-electron chi connectivity index (χ3n) is 5.19. The summed E-state index contributed by atoms with van der Waals surface area (Å²) in [7, 11) is 1.56. The number of nitrogens with one attached hydrogen (secondary N) is 1. The van der Waals surface area contributed by atoms with Gasteiger partial charge in [0.25, 0.3) is 0 Å². The number of phenolic OH excluding ortho intramolecular Hbond substituents is 1. The molecule has 1 aromatic carbocycles. The van der Waals surface area contributed by atoms with E-state index in [-0.39, 0.29) is 29.7 Å². The van der Waals surface area contributed by atoms with E-state index < -0.39 is 0 Å². The van der Waals surface area contributed by atoms with Crippen LogP contribution < -0.4 is 10.1 Å². The van der Waals surface area contributed by atoms with Gasteiger partial charge < -0.3 is 20.1 Å². The molecule has 1 saturated carbocycles. The van der Waals surface area contributed by atoms with Crippen LogP contribution in [0.4, 0.5) is 0 Å². The predicted octanol–water partition coefficient (Wildman–Crippen LogP) is 3.36. The third-order valence-corrected chi connectivity index (χ3v) is 5.19. The van der Waals surface area contributed by atoms with Gasteiger partial charge in [-0.05, 0) is 37.7 Å². The molecule has 1 saturated heterocycles. The molecule has 2 N–H and O–H groups in total. The quantitative estimate of drug-likeness (QED) is 0.424. The summed E-state index contributed by atoms with van der Waals surface area (Å²) in [5.74, 6) is 1.64. The lowest BCUT2D eigenvalue weighted by molar-refractivity contribution is 0.151. The van der Waals surface area contributed by atoms with Gasteiger partial charge in [-0.15, -0.1) is 24.0 Å². The number of halogens is 1. The van der Waals surface area contributed by atoms with Crippen LogP contribution in [0.1, 0.15) is 38.2 Å². The third kappa shape index (κ3) is 3.90. The van der Waals surface area contributed by atoms with E-state index in [0.717, 1.165) is 31.2 Å². The second-order valence-corrected chi connectivity index (χ2v) is 6.66. The molecule has 1 heterocycles. The number of benzene rings is 1. The Morgan fingerprint density at radius 1 is 1.38 bits per heavy atom. The molecule has 1 aliphatic carbocycles. The van der Waals surface area contributed by atoms with Gasteiger partial charge in [-0.2, -0.15) is 0 Å². The van der Waals surface area contributed by atoms with Crippen molar-refractivity contribution >= 4 is 29.9 Å². The summed E-state index contributed by atoms with van der Waals surface area (Å²) in [6.45, 7) is 5.59. The number of hydrogen-bond donors (Lipinski definition) is 2. The lowest BCUT2D eigenvalue weighted by atomic mass is 9.68. The topological polar surface area (TPSA) is 57.1 Å². The van der Waals surface area contributed by atoms with E-state index in [1.807, 2.05) is 12.1 Å². The van der Waals surface area contributed by atoms with Crippen molar-refractivity contribution in [1.29, 1.82) is 0 Å². The minimum atomic E-state index is 0. The van der Waals surface area contributed by atoms with E-state index in [4.69, 9.17) is 9.73 Å². The Kier molecular flexibility index (Phi) is 6.60.